The zero-order valence-electron chi connectivity index (χ0n) is 14.0. The highest BCUT2D eigenvalue weighted by Crippen LogP contribution is 2.29. The van der Waals surface area contributed by atoms with Crippen molar-refractivity contribution >= 4 is 28.7 Å². The first kappa shape index (κ1) is 16.7. The summed E-state index contributed by atoms with van der Waals surface area (Å²) in [4.78, 5) is 21.0. The second kappa shape index (κ2) is 6.76. The van der Waals surface area contributed by atoms with Crippen LogP contribution in [0, 0.1) is 5.82 Å². The third-order valence-corrected chi connectivity index (χ3v) is 4.29. The van der Waals surface area contributed by atoms with Crippen LogP contribution in [0.5, 0.6) is 0 Å². The molecule has 0 saturated heterocycles. The fourth-order valence-electron chi connectivity index (χ4n) is 2.69. The van der Waals surface area contributed by atoms with E-state index in [1.807, 2.05) is 13.0 Å². The van der Waals surface area contributed by atoms with Crippen LogP contribution in [0.2, 0.25) is 0 Å². The highest BCUT2D eigenvalue weighted by atomic mass is 19.1. The van der Waals surface area contributed by atoms with Crippen molar-refractivity contribution in [2.75, 3.05) is 12.8 Å². The third kappa shape index (κ3) is 3.38. The summed E-state index contributed by atoms with van der Waals surface area (Å²) >= 11 is 0. The van der Waals surface area contributed by atoms with Gasteiger partial charge in [-0.2, -0.15) is 0 Å². The van der Waals surface area contributed by atoms with Crippen LogP contribution in [0.4, 0.5) is 10.2 Å². The molecule has 0 aliphatic carbocycles. The van der Waals surface area contributed by atoms with Crippen LogP contribution in [0.25, 0.3) is 17.0 Å². The molecule has 1 unspecified atom stereocenters. The van der Waals surface area contributed by atoms with E-state index in [9.17, 15) is 9.18 Å². The van der Waals surface area contributed by atoms with Crippen LogP contribution < -0.4 is 5.73 Å². The van der Waals surface area contributed by atoms with Crippen LogP contribution in [0.15, 0.2) is 48.8 Å². The standard InChI is InChI=1S/C19H19FN4O/c1-12(14-11-22-16-5-3-4-15(20)19(14)16)24(2)18(25)9-7-13-6-8-17(21)23-10-13/h3-12,22H,1-2H3,(H2,21,23). The second-order valence-corrected chi connectivity index (χ2v) is 5.88. The number of nitrogens with zero attached hydrogens (tertiary/aromatic N) is 2. The Kier molecular flexibility index (Phi) is 4.52. The minimum Gasteiger partial charge on any atom is -0.384 e. The van der Waals surface area contributed by atoms with Gasteiger partial charge in [0.05, 0.1) is 6.04 Å². The number of likely N-dealkylation sites (N-methyl/N-ethyl adjacent to an activating group) is 1. The molecule has 1 aromatic carbocycles. The van der Waals surface area contributed by atoms with Crippen molar-refractivity contribution in [1.29, 1.82) is 0 Å². The smallest absolute Gasteiger partial charge is 0.246 e. The summed E-state index contributed by atoms with van der Waals surface area (Å²) in [6, 6.07) is 8.05. The van der Waals surface area contributed by atoms with Crippen molar-refractivity contribution in [3.05, 3.63) is 65.7 Å². The van der Waals surface area contributed by atoms with E-state index in [0.717, 1.165) is 11.1 Å². The summed E-state index contributed by atoms with van der Waals surface area (Å²) in [5, 5.41) is 0.515. The van der Waals surface area contributed by atoms with Gasteiger partial charge in [-0.25, -0.2) is 9.37 Å². The topological polar surface area (TPSA) is 75.0 Å². The Hall–Kier alpha value is -3.15. The quantitative estimate of drug-likeness (QED) is 0.715. The zero-order valence-corrected chi connectivity index (χ0v) is 14.0. The van der Waals surface area contributed by atoms with Gasteiger partial charge in [0.15, 0.2) is 0 Å². The van der Waals surface area contributed by atoms with Gasteiger partial charge in [-0.1, -0.05) is 6.07 Å². The van der Waals surface area contributed by atoms with E-state index in [2.05, 4.69) is 9.97 Å². The van der Waals surface area contributed by atoms with Crippen molar-refractivity contribution in [3.63, 3.8) is 0 Å². The first-order chi connectivity index (χ1) is 12.0. The van der Waals surface area contributed by atoms with Crippen molar-refractivity contribution in [1.82, 2.24) is 14.9 Å². The van der Waals surface area contributed by atoms with Crippen LogP contribution in [0.1, 0.15) is 24.1 Å². The molecule has 0 radical (unpaired) electrons. The zero-order chi connectivity index (χ0) is 18.0. The maximum atomic E-state index is 14.2. The number of nitrogens with two attached hydrogens (primary N) is 1. The second-order valence-electron chi connectivity index (χ2n) is 5.88. The molecule has 0 aliphatic rings. The number of fused-ring (bicyclic) bond motifs is 1. The van der Waals surface area contributed by atoms with E-state index in [1.54, 1.807) is 48.6 Å². The number of nitrogen functional groups attached to an aromatic ring is 1. The molecule has 0 fully saturated rings. The van der Waals surface area contributed by atoms with Gasteiger partial charge in [0.2, 0.25) is 5.91 Å². The van der Waals surface area contributed by atoms with Crippen LogP contribution in [0.3, 0.4) is 0 Å². The summed E-state index contributed by atoms with van der Waals surface area (Å²) < 4.78 is 14.2. The number of nitrogens with one attached hydrogen (secondary N) is 1. The summed E-state index contributed by atoms with van der Waals surface area (Å²) in [5.41, 5.74) is 7.77. The highest BCUT2D eigenvalue weighted by Gasteiger charge is 2.20. The van der Waals surface area contributed by atoms with Crippen molar-refractivity contribution in [3.8, 4) is 0 Å². The van der Waals surface area contributed by atoms with Gasteiger partial charge in [0.25, 0.3) is 0 Å². The van der Waals surface area contributed by atoms with Gasteiger partial charge in [-0.15, -0.1) is 0 Å². The number of rotatable bonds is 4. The number of H-pyrrole nitrogens is 1. The molecule has 0 spiro atoms. The molecule has 2 aromatic heterocycles. The minimum atomic E-state index is -0.301. The highest BCUT2D eigenvalue weighted by molar-refractivity contribution is 5.92. The number of hydrogen-bond donors (Lipinski definition) is 2. The Morgan fingerprint density at radius 1 is 1.36 bits per heavy atom. The molecule has 3 N–H and O–H groups in total. The number of pyridine rings is 1. The molecule has 5 nitrogen and oxygen atoms in total. The summed E-state index contributed by atoms with van der Waals surface area (Å²) in [5.74, 6) is -0.0597. The molecule has 0 saturated carbocycles. The number of aromatic nitrogens is 2. The van der Waals surface area contributed by atoms with Crippen LogP contribution >= 0.6 is 0 Å². The van der Waals surface area contributed by atoms with E-state index in [-0.39, 0.29) is 17.8 Å². The maximum absolute atomic E-state index is 14.2. The third-order valence-electron chi connectivity index (χ3n) is 4.29. The number of carbonyl (C=O) groups excluding carboxylic acids is 1. The molecular weight excluding hydrogens is 319 g/mol. The van der Waals surface area contributed by atoms with Gasteiger partial charge in [0.1, 0.15) is 11.6 Å². The van der Waals surface area contributed by atoms with Gasteiger partial charge in [-0.3, -0.25) is 4.79 Å². The summed E-state index contributed by atoms with van der Waals surface area (Å²) in [6.45, 7) is 1.87. The van der Waals surface area contributed by atoms with E-state index in [0.29, 0.717) is 16.7 Å². The van der Waals surface area contributed by atoms with Crippen molar-refractivity contribution in [2.45, 2.75) is 13.0 Å². The Morgan fingerprint density at radius 2 is 2.16 bits per heavy atom. The molecule has 0 bridgehead atoms. The SMILES string of the molecule is CC(c1c[nH]c2cccc(F)c12)N(C)C(=O)C=Cc1ccc(N)nc1. The average Bonchev–Trinajstić information content (AvgIpc) is 3.05. The van der Waals surface area contributed by atoms with Gasteiger partial charge >= 0.3 is 0 Å². The van der Waals surface area contributed by atoms with Gasteiger partial charge in [0, 0.05) is 42.0 Å². The monoisotopic (exact) mass is 338 g/mol. The fraction of sp³-hybridized carbons (Fsp3) is 0.158. The fourth-order valence-corrected chi connectivity index (χ4v) is 2.69. The largest absolute Gasteiger partial charge is 0.384 e. The van der Waals surface area contributed by atoms with E-state index in [4.69, 9.17) is 5.73 Å². The van der Waals surface area contributed by atoms with Crippen molar-refractivity contribution < 1.29 is 9.18 Å². The van der Waals surface area contributed by atoms with Crippen molar-refractivity contribution in [2.24, 2.45) is 0 Å². The summed E-state index contributed by atoms with van der Waals surface area (Å²) in [6.07, 6.45) is 6.48. The Morgan fingerprint density at radius 3 is 2.88 bits per heavy atom. The number of anilines is 1. The molecule has 128 valence electrons. The van der Waals surface area contributed by atoms with Crippen LogP contribution in [-0.2, 0) is 4.79 Å². The first-order valence-electron chi connectivity index (χ1n) is 7.89. The number of aromatic amines is 1. The Labute approximate surface area is 145 Å². The lowest BCUT2D eigenvalue weighted by molar-refractivity contribution is -0.126. The predicted octanol–water partition coefficient (Wildman–Crippen LogP) is 3.52. The molecule has 25 heavy (non-hydrogen) atoms. The average molecular weight is 338 g/mol. The molecule has 1 amide bonds. The normalized spacial score (nSPS) is 12.6. The van der Waals surface area contributed by atoms with E-state index >= 15 is 0 Å². The maximum Gasteiger partial charge on any atom is 0.246 e. The number of benzene rings is 1. The lowest BCUT2D eigenvalue weighted by Gasteiger charge is -2.23. The molecule has 6 heteroatoms. The van der Waals surface area contributed by atoms with Crippen LogP contribution in [-0.4, -0.2) is 27.8 Å². The Bertz CT molecular complexity index is 930. The molecular formula is C19H19FN4O. The number of carbonyl (C=O) groups is 1. The summed E-state index contributed by atoms with van der Waals surface area (Å²) in [7, 11) is 1.69. The predicted molar refractivity (Wildman–Crippen MR) is 97.1 cm³/mol. The molecule has 3 aromatic rings. The lowest BCUT2D eigenvalue weighted by Crippen LogP contribution is -2.27. The number of amides is 1. The molecule has 3 rings (SSSR count). The lowest BCUT2D eigenvalue weighted by atomic mass is 10.1. The minimum absolute atomic E-state index is 0.185. The first-order valence-corrected chi connectivity index (χ1v) is 7.89. The molecule has 2 heterocycles. The van der Waals surface area contributed by atoms with E-state index in [1.165, 1.54) is 12.1 Å². The van der Waals surface area contributed by atoms with E-state index < -0.39 is 0 Å². The Balaban J connectivity index is 1.80. The molecule has 0 aliphatic heterocycles. The van der Waals surface area contributed by atoms with Gasteiger partial charge < -0.3 is 15.6 Å². The number of halogens is 1. The molecule has 1 atom stereocenters. The number of hydrogen-bond acceptors (Lipinski definition) is 3. The van der Waals surface area contributed by atoms with Gasteiger partial charge in [-0.05, 0) is 42.8 Å².